The molecule has 0 fully saturated rings. The largest absolute Gasteiger partial charge is 0.480 e. The highest BCUT2D eigenvalue weighted by Gasteiger charge is 2.25. The number of carboxylic acids is 1. The van der Waals surface area contributed by atoms with Gasteiger partial charge < -0.3 is 24.6 Å². The van der Waals surface area contributed by atoms with E-state index in [0.717, 1.165) is 53.4 Å². The molecule has 9 nitrogen and oxygen atoms in total. The van der Waals surface area contributed by atoms with Crippen LogP contribution in [0.25, 0.3) is 21.9 Å². The first kappa shape index (κ1) is 24.5. The first-order valence-corrected chi connectivity index (χ1v) is 11.9. The third kappa shape index (κ3) is 4.67. The van der Waals surface area contributed by atoms with Crippen molar-refractivity contribution in [2.75, 3.05) is 6.54 Å². The monoisotopic (exact) mass is 482 g/mol. The second-order valence-corrected chi connectivity index (χ2v) is 9.54. The van der Waals surface area contributed by atoms with Gasteiger partial charge in [0.05, 0.1) is 18.5 Å². The van der Waals surface area contributed by atoms with Crippen molar-refractivity contribution in [3.63, 3.8) is 0 Å². The maximum absolute atomic E-state index is 12.8. The van der Waals surface area contributed by atoms with Gasteiger partial charge >= 0.3 is 11.6 Å². The molecule has 0 spiro atoms. The number of furan rings is 1. The lowest BCUT2D eigenvalue weighted by molar-refractivity contribution is -0.143. The van der Waals surface area contributed by atoms with Gasteiger partial charge in [0, 0.05) is 28.3 Å². The number of fused-ring (bicyclic) bond motifs is 4. The van der Waals surface area contributed by atoms with Gasteiger partial charge in [-0.15, -0.1) is 0 Å². The molecule has 3 N–H and O–H groups in total. The number of aryl methyl sites for hydroxylation is 4. The number of rotatable bonds is 7. The zero-order valence-electron chi connectivity index (χ0n) is 20.4. The fraction of sp³-hybridized carbons (Fsp3) is 0.462. The minimum atomic E-state index is -1.15. The molecule has 186 valence electrons. The Morgan fingerprint density at radius 2 is 1.69 bits per heavy atom. The lowest BCUT2D eigenvalue weighted by Gasteiger charge is -2.18. The van der Waals surface area contributed by atoms with Gasteiger partial charge in [0.15, 0.2) is 0 Å². The van der Waals surface area contributed by atoms with Gasteiger partial charge in [0.25, 0.3) is 0 Å². The van der Waals surface area contributed by atoms with Crippen LogP contribution in [-0.2, 0) is 33.6 Å². The Bertz CT molecular complexity index is 1400. The van der Waals surface area contributed by atoms with E-state index in [9.17, 15) is 24.3 Å². The summed E-state index contributed by atoms with van der Waals surface area (Å²) in [5, 5.41) is 15.8. The van der Waals surface area contributed by atoms with Gasteiger partial charge in [-0.05, 0) is 50.7 Å². The number of benzene rings is 1. The molecular weight excluding hydrogens is 452 g/mol. The van der Waals surface area contributed by atoms with Crippen LogP contribution in [0.4, 0.5) is 0 Å². The number of amides is 2. The van der Waals surface area contributed by atoms with E-state index in [1.54, 1.807) is 20.8 Å². The molecular formula is C26H30N2O7. The summed E-state index contributed by atoms with van der Waals surface area (Å²) >= 11 is 0. The predicted molar refractivity (Wildman–Crippen MR) is 129 cm³/mol. The zero-order valence-corrected chi connectivity index (χ0v) is 20.4. The molecule has 35 heavy (non-hydrogen) atoms. The van der Waals surface area contributed by atoms with Crippen LogP contribution in [0.2, 0.25) is 0 Å². The van der Waals surface area contributed by atoms with E-state index >= 15 is 0 Å². The Labute approximate surface area is 201 Å². The Kier molecular flexibility index (Phi) is 6.69. The standard InChI is InChI=1S/C26H30N2O7/c1-12(2)22(25(31)32)28-21(30)11-27-20(29)10-17-13(3)16-9-18-15-7-5-6-8-19(15)34-24(18)14(4)23(16)35-26(17)33/h9,12,22H,5-8,10-11H2,1-4H3,(H,27,29)(H,28,30)(H,31,32)/t22-/m0/s1. The molecule has 0 saturated heterocycles. The first-order chi connectivity index (χ1) is 16.6. The van der Waals surface area contributed by atoms with Gasteiger partial charge in [0.1, 0.15) is 23.0 Å². The molecule has 4 rings (SSSR count). The molecule has 9 heteroatoms. The van der Waals surface area contributed by atoms with Gasteiger partial charge in [-0.1, -0.05) is 13.8 Å². The second kappa shape index (κ2) is 9.56. The molecule has 0 aliphatic heterocycles. The molecule has 1 atom stereocenters. The molecule has 0 unspecified atom stereocenters. The first-order valence-electron chi connectivity index (χ1n) is 11.9. The van der Waals surface area contributed by atoms with Crippen LogP contribution in [0.3, 0.4) is 0 Å². The summed E-state index contributed by atoms with van der Waals surface area (Å²) in [6, 6.07) is 0.930. The highest BCUT2D eigenvalue weighted by atomic mass is 16.4. The number of carboxylic acid groups (broad SMARTS) is 1. The number of carbonyl (C=O) groups excluding carboxylic acids is 2. The third-order valence-corrected chi connectivity index (χ3v) is 6.76. The summed E-state index contributed by atoms with van der Waals surface area (Å²) in [6.45, 7) is 6.61. The highest BCUT2D eigenvalue weighted by Crippen LogP contribution is 2.37. The average molecular weight is 483 g/mol. The fourth-order valence-corrected chi connectivity index (χ4v) is 4.76. The summed E-state index contributed by atoms with van der Waals surface area (Å²) in [6.07, 6.45) is 3.77. The molecule has 2 amide bonds. The lowest BCUT2D eigenvalue weighted by Crippen LogP contribution is -2.48. The maximum atomic E-state index is 12.8. The van der Waals surface area contributed by atoms with Crippen molar-refractivity contribution >= 4 is 39.7 Å². The van der Waals surface area contributed by atoms with Crippen molar-refractivity contribution in [2.24, 2.45) is 5.92 Å². The van der Waals surface area contributed by atoms with Crippen molar-refractivity contribution in [1.82, 2.24) is 10.6 Å². The van der Waals surface area contributed by atoms with E-state index in [1.165, 1.54) is 5.56 Å². The SMILES string of the molecule is Cc1c(CC(=O)NCC(=O)N[C@H](C(=O)O)C(C)C)c(=O)oc2c(C)c3oc4c(c3cc12)CCCC4. The van der Waals surface area contributed by atoms with Crippen LogP contribution < -0.4 is 16.3 Å². The van der Waals surface area contributed by atoms with Crippen LogP contribution in [0, 0.1) is 19.8 Å². The highest BCUT2D eigenvalue weighted by molar-refractivity contribution is 6.00. The van der Waals surface area contributed by atoms with E-state index in [2.05, 4.69) is 10.6 Å². The number of carbonyl (C=O) groups is 3. The van der Waals surface area contributed by atoms with Gasteiger partial charge in [-0.2, -0.15) is 0 Å². The van der Waals surface area contributed by atoms with Crippen LogP contribution in [-0.4, -0.2) is 35.5 Å². The third-order valence-electron chi connectivity index (χ3n) is 6.76. The molecule has 0 radical (unpaired) electrons. The average Bonchev–Trinajstić information content (AvgIpc) is 3.18. The van der Waals surface area contributed by atoms with E-state index in [0.29, 0.717) is 11.1 Å². The minimum Gasteiger partial charge on any atom is -0.480 e. The molecule has 0 saturated carbocycles. The fourth-order valence-electron chi connectivity index (χ4n) is 4.76. The molecule has 1 aromatic carbocycles. The van der Waals surface area contributed by atoms with Crippen LogP contribution in [0.15, 0.2) is 19.7 Å². The Balaban J connectivity index is 1.57. The van der Waals surface area contributed by atoms with Gasteiger partial charge in [-0.3, -0.25) is 9.59 Å². The molecule has 2 heterocycles. The Hall–Kier alpha value is -3.62. The quantitative estimate of drug-likeness (QED) is 0.440. The van der Waals surface area contributed by atoms with E-state index in [4.69, 9.17) is 8.83 Å². The second-order valence-electron chi connectivity index (χ2n) is 9.54. The van der Waals surface area contributed by atoms with Crippen molar-refractivity contribution < 1.29 is 28.3 Å². The van der Waals surface area contributed by atoms with Crippen molar-refractivity contribution in [3.8, 4) is 0 Å². The van der Waals surface area contributed by atoms with E-state index in [1.807, 2.05) is 13.0 Å². The number of hydrogen-bond donors (Lipinski definition) is 3. The van der Waals surface area contributed by atoms with Crippen molar-refractivity contribution in [2.45, 2.75) is 65.8 Å². The van der Waals surface area contributed by atoms with Crippen molar-refractivity contribution in [3.05, 3.63) is 44.5 Å². The van der Waals surface area contributed by atoms with Crippen LogP contribution in [0.5, 0.6) is 0 Å². The lowest BCUT2D eigenvalue weighted by atomic mass is 9.93. The minimum absolute atomic E-state index is 0.220. The normalized spacial score (nSPS) is 14.2. The smallest absolute Gasteiger partial charge is 0.340 e. The molecule has 0 bridgehead atoms. The summed E-state index contributed by atoms with van der Waals surface area (Å²) in [4.78, 5) is 48.7. The van der Waals surface area contributed by atoms with Crippen LogP contribution >= 0.6 is 0 Å². The predicted octanol–water partition coefficient (Wildman–Crippen LogP) is 2.92. The summed E-state index contributed by atoms with van der Waals surface area (Å²) in [5.41, 5.74) is 3.41. The van der Waals surface area contributed by atoms with Gasteiger partial charge in [-0.25, -0.2) is 9.59 Å². The maximum Gasteiger partial charge on any atom is 0.340 e. The number of aliphatic carboxylic acids is 1. The Morgan fingerprint density at radius 3 is 2.37 bits per heavy atom. The molecule has 1 aliphatic rings. The van der Waals surface area contributed by atoms with Gasteiger partial charge in [0.2, 0.25) is 11.8 Å². The van der Waals surface area contributed by atoms with Crippen molar-refractivity contribution in [1.29, 1.82) is 0 Å². The topological polar surface area (TPSA) is 139 Å². The van der Waals surface area contributed by atoms with E-state index in [-0.39, 0.29) is 17.9 Å². The summed E-state index contributed by atoms with van der Waals surface area (Å²) < 4.78 is 11.8. The van der Waals surface area contributed by atoms with E-state index < -0.39 is 36.0 Å². The zero-order chi connectivity index (χ0) is 25.4. The molecule has 1 aliphatic carbocycles. The summed E-state index contributed by atoms with van der Waals surface area (Å²) in [5.74, 6) is -1.63. The molecule has 3 aromatic rings. The molecule has 2 aromatic heterocycles. The number of nitrogens with one attached hydrogen (secondary N) is 2. The number of hydrogen-bond acceptors (Lipinski definition) is 6. The summed E-state index contributed by atoms with van der Waals surface area (Å²) in [7, 11) is 0. The van der Waals surface area contributed by atoms with Crippen LogP contribution in [0.1, 0.15) is 54.7 Å². The Morgan fingerprint density at radius 1 is 1.00 bits per heavy atom.